The van der Waals surface area contributed by atoms with Crippen LogP contribution in [-0.4, -0.2) is 15.0 Å². The van der Waals surface area contributed by atoms with Crippen molar-refractivity contribution in [2.24, 2.45) is 0 Å². The van der Waals surface area contributed by atoms with E-state index >= 15 is 0 Å². The van der Waals surface area contributed by atoms with Crippen LogP contribution in [-0.2, 0) is 4.74 Å². The highest BCUT2D eigenvalue weighted by Crippen LogP contribution is 2.22. The highest BCUT2D eigenvalue weighted by atomic mass is 35.5. The molecule has 1 atom stereocenters. The zero-order chi connectivity index (χ0) is 17.2. The zero-order valence-corrected chi connectivity index (χ0v) is 14.6. The Balaban J connectivity index is 1.59. The van der Waals surface area contributed by atoms with Gasteiger partial charge in [0.25, 0.3) is 0 Å². The first kappa shape index (κ1) is 15.9. The average Bonchev–Trinajstić information content (AvgIpc) is 3.13. The Morgan fingerprint density at radius 3 is 2.76 bits per heavy atom. The van der Waals surface area contributed by atoms with Gasteiger partial charge < -0.3 is 4.74 Å². The number of aromatic nitrogens is 3. The fraction of sp³-hybridized carbons (Fsp3) is 0.200. The molecule has 0 bridgehead atoms. The van der Waals surface area contributed by atoms with Crippen molar-refractivity contribution in [2.75, 3.05) is 0 Å². The van der Waals surface area contributed by atoms with Gasteiger partial charge >= 0.3 is 0 Å². The lowest BCUT2D eigenvalue weighted by Gasteiger charge is -2.17. The molecule has 25 heavy (non-hydrogen) atoms. The van der Waals surface area contributed by atoms with Crippen LogP contribution in [0.3, 0.4) is 0 Å². The summed E-state index contributed by atoms with van der Waals surface area (Å²) in [5, 5.41) is 11.6. The second-order valence-electron chi connectivity index (χ2n) is 6.08. The van der Waals surface area contributed by atoms with Crippen molar-refractivity contribution < 1.29 is 4.74 Å². The maximum absolute atomic E-state index is 6.23. The van der Waals surface area contributed by atoms with Crippen LogP contribution >= 0.6 is 11.6 Å². The number of rotatable bonds is 4. The van der Waals surface area contributed by atoms with Gasteiger partial charge in [-0.25, -0.2) is 4.68 Å². The lowest BCUT2D eigenvalue weighted by Crippen LogP contribution is -2.30. The van der Waals surface area contributed by atoms with Crippen LogP contribution in [0.4, 0.5) is 0 Å². The topological polar surface area (TPSA) is 39.9 Å². The van der Waals surface area contributed by atoms with Gasteiger partial charge in [0.15, 0.2) is 0 Å². The van der Waals surface area contributed by atoms with E-state index in [0.29, 0.717) is 5.02 Å². The van der Waals surface area contributed by atoms with Crippen LogP contribution in [0.1, 0.15) is 31.6 Å². The molecule has 0 aliphatic heterocycles. The Hall–Kier alpha value is -2.59. The fourth-order valence-corrected chi connectivity index (χ4v) is 3.13. The summed E-state index contributed by atoms with van der Waals surface area (Å²) in [6.45, 7) is 2.00. The van der Waals surface area contributed by atoms with E-state index in [0.717, 1.165) is 30.0 Å². The second-order valence-corrected chi connectivity index (χ2v) is 6.51. The molecule has 1 aliphatic rings. The number of hydrogen-bond acceptors (Lipinski definition) is 3. The minimum Gasteiger partial charge on any atom is -0.488 e. The van der Waals surface area contributed by atoms with E-state index in [1.807, 2.05) is 43.5 Å². The first-order valence-electron chi connectivity index (χ1n) is 8.34. The summed E-state index contributed by atoms with van der Waals surface area (Å²) in [4.78, 5) is 0. The standard InChI is InChI=1S/C20H18ClN3O/c1-14(25-20-8-4-6-15-5-2-3-7-18(15)20)19-13-24(23-22-19)17-11-9-16(21)10-12-17/h2-3,5-7,9-14H,4,8H2,1H3. The van der Waals surface area contributed by atoms with Crippen molar-refractivity contribution in [3.63, 3.8) is 0 Å². The molecule has 0 saturated carbocycles. The molecule has 1 unspecified atom stereocenters. The van der Waals surface area contributed by atoms with Gasteiger partial charge in [-0.2, -0.15) is 0 Å². The molecule has 0 amide bonds. The van der Waals surface area contributed by atoms with Crippen molar-refractivity contribution in [1.29, 1.82) is 0 Å². The predicted octanol–water partition coefficient (Wildman–Crippen LogP) is 3.38. The summed E-state index contributed by atoms with van der Waals surface area (Å²) >= 11 is 5.93. The molecule has 0 spiro atoms. The predicted molar refractivity (Wildman–Crippen MR) is 98.7 cm³/mol. The third-order valence-electron chi connectivity index (χ3n) is 4.33. The normalized spacial score (nSPS) is 14.6. The van der Waals surface area contributed by atoms with Crippen molar-refractivity contribution in [3.8, 4) is 5.69 Å². The molecule has 5 heteroatoms. The Morgan fingerprint density at radius 1 is 1.12 bits per heavy atom. The van der Waals surface area contributed by atoms with Crippen molar-refractivity contribution >= 4 is 23.4 Å². The summed E-state index contributed by atoms with van der Waals surface area (Å²) in [5.41, 5.74) is 1.72. The summed E-state index contributed by atoms with van der Waals surface area (Å²) < 4.78 is 7.97. The first-order valence-corrected chi connectivity index (χ1v) is 8.72. The summed E-state index contributed by atoms with van der Waals surface area (Å²) in [7, 11) is 0. The molecule has 126 valence electrons. The van der Waals surface area contributed by atoms with Gasteiger partial charge in [0.1, 0.15) is 17.6 Å². The van der Waals surface area contributed by atoms with Crippen molar-refractivity contribution in [3.05, 3.63) is 75.9 Å². The average molecular weight is 352 g/mol. The minimum atomic E-state index is -0.165. The highest BCUT2D eigenvalue weighted by molar-refractivity contribution is 6.30. The zero-order valence-electron chi connectivity index (χ0n) is 13.9. The van der Waals surface area contributed by atoms with E-state index in [1.54, 1.807) is 4.68 Å². The van der Waals surface area contributed by atoms with E-state index < -0.39 is 0 Å². The molecule has 1 heterocycles. The van der Waals surface area contributed by atoms with Crippen LogP contribution in [0.2, 0.25) is 5.02 Å². The lowest BCUT2D eigenvalue weighted by atomic mass is 10.1. The molecule has 4 nitrogen and oxygen atoms in total. The second kappa shape index (κ2) is 6.73. The molecule has 0 fully saturated rings. The van der Waals surface area contributed by atoms with Crippen molar-refractivity contribution in [1.82, 2.24) is 15.0 Å². The first-order chi connectivity index (χ1) is 12.2. The van der Waals surface area contributed by atoms with Crippen molar-refractivity contribution in [2.45, 2.75) is 25.9 Å². The highest BCUT2D eigenvalue weighted by Gasteiger charge is 2.15. The smallest absolute Gasteiger partial charge is 0.141 e. The summed E-state index contributed by atoms with van der Waals surface area (Å²) in [6.07, 6.45) is 5.89. The van der Waals surface area contributed by atoms with E-state index in [1.165, 1.54) is 10.4 Å². The fourth-order valence-electron chi connectivity index (χ4n) is 3.00. The minimum absolute atomic E-state index is 0.165. The molecule has 1 aromatic heterocycles. The van der Waals surface area contributed by atoms with Crippen LogP contribution in [0.25, 0.3) is 17.5 Å². The van der Waals surface area contributed by atoms with Gasteiger partial charge in [-0.05, 0) is 42.8 Å². The van der Waals surface area contributed by atoms with Crippen LogP contribution in [0, 0.1) is 0 Å². The number of benzene rings is 2. The van der Waals surface area contributed by atoms with Gasteiger partial charge in [-0.1, -0.05) is 47.2 Å². The summed E-state index contributed by atoms with van der Waals surface area (Å²) in [6, 6.07) is 15.8. The largest absolute Gasteiger partial charge is 0.488 e. The monoisotopic (exact) mass is 351 g/mol. The van der Waals surface area contributed by atoms with Crippen LogP contribution in [0.15, 0.2) is 54.7 Å². The van der Waals surface area contributed by atoms with E-state index in [2.05, 4.69) is 34.6 Å². The summed E-state index contributed by atoms with van der Waals surface area (Å²) in [5.74, 6) is 1.02. The molecule has 0 saturated heterocycles. The number of hydrogen-bond donors (Lipinski definition) is 0. The molecule has 2 aromatic carbocycles. The lowest BCUT2D eigenvalue weighted by molar-refractivity contribution is 0.172. The Kier molecular flexibility index (Phi) is 4.28. The quantitative estimate of drug-likeness (QED) is 0.723. The number of halogens is 1. The van der Waals surface area contributed by atoms with Gasteiger partial charge in [0, 0.05) is 16.7 Å². The van der Waals surface area contributed by atoms with Gasteiger partial charge in [-0.3, -0.25) is 0 Å². The maximum atomic E-state index is 6.23. The number of nitrogens with zero attached hydrogens (tertiary/aromatic N) is 3. The molecule has 0 radical (unpaired) electrons. The van der Waals surface area contributed by atoms with Gasteiger partial charge in [0.2, 0.25) is 0 Å². The van der Waals surface area contributed by atoms with Crippen LogP contribution < -0.4 is 10.4 Å². The SMILES string of the molecule is CC(OC1=c2ccccc2=CCC1)c1cn(-c2ccc(Cl)cc2)nn1. The van der Waals surface area contributed by atoms with Gasteiger partial charge in [0.05, 0.1) is 11.9 Å². The van der Waals surface area contributed by atoms with E-state index in [9.17, 15) is 0 Å². The van der Waals surface area contributed by atoms with Gasteiger partial charge in [-0.15, -0.1) is 5.10 Å². The third-order valence-corrected chi connectivity index (χ3v) is 4.59. The molecular formula is C20H18ClN3O. The Bertz CT molecular complexity index is 1010. The molecule has 0 N–H and O–H groups in total. The third kappa shape index (κ3) is 3.30. The van der Waals surface area contributed by atoms with Crippen LogP contribution in [0.5, 0.6) is 0 Å². The molecular weight excluding hydrogens is 334 g/mol. The molecule has 1 aliphatic carbocycles. The molecule has 3 aromatic rings. The van der Waals surface area contributed by atoms with E-state index in [-0.39, 0.29) is 6.10 Å². The Morgan fingerprint density at radius 2 is 1.92 bits per heavy atom. The Labute approximate surface area is 151 Å². The maximum Gasteiger partial charge on any atom is 0.141 e. The number of ether oxygens (including phenoxy) is 1. The number of fused-ring (bicyclic) bond motifs is 1. The molecule has 4 rings (SSSR count). The van der Waals surface area contributed by atoms with E-state index in [4.69, 9.17) is 16.3 Å².